The predicted molar refractivity (Wildman–Crippen MR) is 123 cm³/mol. The molecule has 1 unspecified atom stereocenters. The first-order valence-electron chi connectivity index (χ1n) is 10.3. The summed E-state index contributed by atoms with van der Waals surface area (Å²) in [6.45, 7) is 7.73. The van der Waals surface area contributed by atoms with Crippen LogP contribution in [0.2, 0.25) is 0 Å². The van der Waals surface area contributed by atoms with Gasteiger partial charge in [0, 0.05) is 27.8 Å². The van der Waals surface area contributed by atoms with Crippen LogP contribution >= 0.6 is 11.3 Å². The first-order chi connectivity index (χ1) is 15.4. The molecule has 0 aliphatic carbocycles. The molecule has 1 aliphatic rings. The van der Waals surface area contributed by atoms with E-state index in [1.54, 1.807) is 24.5 Å². The van der Waals surface area contributed by atoms with Crippen LogP contribution in [0.5, 0.6) is 0 Å². The van der Waals surface area contributed by atoms with Crippen LogP contribution in [0.1, 0.15) is 46.2 Å². The van der Waals surface area contributed by atoms with Gasteiger partial charge in [0.15, 0.2) is 5.82 Å². The van der Waals surface area contributed by atoms with Gasteiger partial charge in [-0.2, -0.15) is 5.10 Å². The van der Waals surface area contributed by atoms with Crippen LogP contribution in [0, 0.1) is 26.7 Å². The molecular weight excluding hydrogens is 424 g/mol. The monoisotopic (exact) mass is 446 g/mol. The number of rotatable bonds is 4. The minimum absolute atomic E-state index is 0.560. The van der Waals surface area contributed by atoms with E-state index in [0.717, 1.165) is 44.4 Å². The first kappa shape index (κ1) is 20.3. The highest BCUT2D eigenvalue weighted by molar-refractivity contribution is 7.15. The predicted octanol–water partition coefficient (Wildman–Crippen LogP) is 4.26. The minimum Gasteiger partial charge on any atom is -0.481 e. The smallest absolute Gasteiger partial charge is 0.308 e. The number of nitrogens with zero attached hydrogens (tertiary/aromatic N) is 5. The average Bonchev–Trinajstić information content (AvgIpc) is 3.48. The Morgan fingerprint density at radius 1 is 1.12 bits per heavy atom. The van der Waals surface area contributed by atoms with Crippen molar-refractivity contribution in [2.75, 3.05) is 0 Å². The van der Waals surface area contributed by atoms with Crippen LogP contribution in [0.25, 0.3) is 16.1 Å². The summed E-state index contributed by atoms with van der Waals surface area (Å²) >= 11 is 1.66. The second-order valence-electron chi connectivity index (χ2n) is 8.02. The summed E-state index contributed by atoms with van der Waals surface area (Å²) in [5.74, 6) is -0.395. The third-order valence-electron chi connectivity index (χ3n) is 6.04. The molecule has 32 heavy (non-hydrogen) atoms. The van der Waals surface area contributed by atoms with Crippen molar-refractivity contribution in [3.8, 4) is 16.1 Å². The number of hydrogen-bond donors (Lipinski definition) is 2. The molecule has 1 aromatic carbocycles. The van der Waals surface area contributed by atoms with Crippen molar-refractivity contribution in [1.29, 1.82) is 0 Å². The number of carboxylic acid groups (broad SMARTS) is 1. The van der Waals surface area contributed by atoms with E-state index in [1.807, 2.05) is 42.0 Å². The molecule has 0 saturated heterocycles. The quantitative estimate of drug-likeness (QED) is 0.487. The van der Waals surface area contributed by atoms with Gasteiger partial charge in [-0.25, -0.2) is 0 Å². The molecule has 4 aromatic rings. The first-order valence-corrected chi connectivity index (χ1v) is 11.1. The Morgan fingerprint density at radius 3 is 2.50 bits per heavy atom. The largest absolute Gasteiger partial charge is 0.481 e. The van der Waals surface area contributed by atoms with Gasteiger partial charge in [0.1, 0.15) is 16.9 Å². The van der Waals surface area contributed by atoms with Crippen LogP contribution in [0.4, 0.5) is 0 Å². The molecule has 2 N–H and O–H groups in total. The minimum atomic E-state index is -0.918. The fraction of sp³-hybridized carbons (Fsp3) is 0.261. The fourth-order valence-corrected chi connectivity index (χ4v) is 5.26. The van der Waals surface area contributed by atoms with Crippen molar-refractivity contribution in [3.05, 3.63) is 69.9 Å². The molecule has 4 heterocycles. The molecule has 0 amide bonds. The van der Waals surface area contributed by atoms with E-state index in [4.69, 9.17) is 4.99 Å². The van der Waals surface area contributed by atoms with Gasteiger partial charge in [-0.1, -0.05) is 24.3 Å². The molecular formula is C23H22N6O2S. The summed E-state index contributed by atoms with van der Waals surface area (Å²) in [6, 6.07) is 7.46. The third kappa shape index (κ3) is 3.08. The lowest BCUT2D eigenvalue weighted by Crippen LogP contribution is -2.21. The van der Waals surface area contributed by atoms with E-state index in [-0.39, 0.29) is 0 Å². The Hall–Kier alpha value is -3.59. The van der Waals surface area contributed by atoms with Crippen molar-refractivity contribution < 1.29 is 9.90 Å². The van der Waals surface area contributed by atoms with Crippen LogP contribution in [-0.2, 0) is 4.79 Å². The molecule has 3 aromatic heterocycles. The molecule has 2 atom stereocenters. The SMILES string of the molecule is Cc1sc2c(c1C)C(c1ccc(-c3cn[nH]c3)cc1)=N[C@@H](C(C)C(=O)O)c1nnc(C)n1-2. The molecule has 0 spiro atoms. The van der Waals surface area contributed by atoms with Crippen molar-refractivity contribution in [2.45, 2.75) is 33.7 Å². The highest BCUT2D eigenvalue weighted by Crippen LogP contribution is 2.40. The number of aliphatic carboxylic acids is 1. The summed E-state index contributed by atoms with van der Waals surface area (Å²) in [5, 5.41) is 26.2. The maximum absolute atomic E-state index is 11.9. The van der Waals surface area contributed by atoms with Crippen molar-refractivity contribution >= 4 is 23.0 Å². The molecule has 0 saturated carbocycles. The Labute approximate surface area is 188 Å². The number of aromatic nitrogens is 5. The number of nitrogens with one attached hydrogen (secondary N) is 1. The van der Waals surface area contributed by atoms with Crippen molar-refractivity contribution in [1.82, 2.24) is 25.0 Å². The van der Waals surface area contributed by atoms with Crippen molar-refractivity contribution in [2.24, 2.45) is 10.9 Å². The van der Waals surface area contributed by atoms with E-state index in [2.05, 4.69) is 34.2 Å². The zero-order chi connectivity index (χ0) is 22.6. The number of aliphatic imine (C=N–C) groups is 1. The summed E-state index contributed by atoms with van der Waals surface area (Å²) in [4.78, 5) is 18.2. The van der Waals surface area contributed by atoms with Crippen LogP contribution in [-0.4, -0.2) is 41.7 Å². The molecule has 5 rings (SSSR count). The van der Waals surface area contributed by atoms with Crippen LogP contribution in [0.15, 0.2) is 41.7 Å². The number of aryl methyl sites for hydroxylation is 2. The van der Waals surface area contributed by atoms with Gasteiger partial charge in [-0.05, 0) is 38.8 Å². The summed E-state index contributed by atoms with van der Waals surface area (Å²) < 4.78 is 1.97. The molecule has 0 radical (unpaired) electrons. The van der Waals surface area contributed by atoms with E-state index in [0.29, 0.717) is 5.82 Å². The number of thiophene rings is 1. The lowest BCUT2D eigenvalue weighted by molar-refractivity contribution is -0.141. The Balaban J connectivity index is 1.74. The summed E-state index contributed by atoms with van der Waals surface area (Å²) in [7, 11) is 0. The maximum atomic E-state index is 11.9. The van der Waals surface area contributed by atoms with E-state index >= 15 is 0 Å². The lowest BCUT2D eigenvalue weighted by Gasteiger charge is -2.16. The second-order valence-corrected chi connectivity index (χ2v) is 9.22. The van der Waals surface area contributed by atoms with Gasteiger partial charge < -0.3 is 5.11 Å². The van der Waals surface area contributed by atoms with Gasteiger partial charge in [-0.3, -0.25) is 19.5 Å². The number of aromatic amines is 1. The fourth-order valence-electron chi connectivity index (χ4n) is 4.05. The summed E-state index contributed by atoms with van der Waals surface area (Å²) in [6.07, 6.45) is 3.63. The van der Waals surface area contributed by atoms with Gasteiger partial charge in [0.2, 0.25) is 0 Å². The number of carbonyl (C=O) groups is 1. The van der Waals surface area contributed by atoms with Crippen LogP contribution in [0.3, 0.4) is 0 Å². The van der Waals surface area contributed by atoms with Crippen LogP contribution < -0.4 is 0 Å². The standard InChI is InChI=1S/C23H22N6O2S/c1-11-13(3)32-22-18(11)20(16-7-5-15(6-8-16)17-9-24-25-10-17)26-19(12(2)23(30)31)21-28-27-14(4)29(21)22/h5-10,12,19H,1-4H3,(H,24,25)(H,30,31)/t12?,19-/m0/s1. The van der Waals surface area contributed by atoms with Gasteiger partial charge in [0.05, 0.1) is 17.8 Å². The molecule has 0 fully saturated rings. The molecule has 162 valence electrons. The van der Waals surface area contributed by atoms with Gasteiger partial charge >= 0.3 is 5.97 Å². The number of carboxylic acids is 1. The second kappa shape index (κ2) is 7.52. The maximum Gasteiger partial charge on any atom is 0.308 e. The number of hydrogen-bond acceptors (Lipinski definition) is 6. The highest BCUT2D eigenvalue weighted by atomic mass is 32.1. The zero-order valence-corrected chi connectivity index (χ0v) is 18.9. The number of benzene rings is 1. The van der Waals surface area contributed by atoms with E-state index in [9.17, 15) is 9.90 Å². The Bertz CT molecular complexity index is 1350. The Morgan fingerprint density at radius 2 is 1.84 bits per heavy atom. The molecule has 1 aliphatic heterocycles. The Kier molecular flexibility index (Phi) is 4.78. The van der Waals surface area contributed by atoms with Gasteiger partial charge in [-0.15, -0.1) is 21.5 Å². The normalized spacial score (nSPS) is 16.1. The lowest BCUT2D eigenvalue weighted by atomic mass is 9.97. The van der Waals surface area contributed by atoms with Crippen molar-refractivity contribution in [3.63, 3.8) is 0 Å². The molecule has 8 nitrogen and oxygen atoms in total. The van der Waals surface area contributed by atoms with Gasteiger partial charge in [0.25, 0.3) is 0 Å². The van der Waals surface area contributed by atoms with E-state index in [1.165, 1.54) is 4.88 Å². The number of fused-ring (bicyclic) bond motifs is 3. The number of H-pyrrole nitrogens is 1. The van der Waals surface area contributed by atoms with E-state index < -0.39 is 17.9 Å². The molecule has 0 bridgehead atoms. The topological polar surface area (TPSA) is 109 Å². The molecule has 9 heteroatoms. The highest BCUT2D eigenvalue weighted by Gasteiger charge is 2.36. The zero-order valence-electron chi connectivity index (χ0n) is 18.1. The third-order valence-corrected chi connectivity index (χ3v) is 7.23. The average molecular weight is 447 g/mol. The summed E-state index contributed by atoms with van der Waals surface area (Å²) in [5.41, 5.74) is 5.89.